The summed E-state index contributed by atoms with van der Waals surface area (Å²) in [5.74, 6) is 1.75. The van der Waals surface area contributed by atoms with Crippen LogP contribution in [0.15, 0.2) is 33.9 Å². The summed E-state index contributed by atoms with van der Waals surface area (Å²) >= 11 is 1.45. The standard InChI is InChI=1S/C19H23FN6O2S/c1-12(2)16-21-17(28-24-16)13(3)29-19-23-22-18(25-7-9-27-10-8-25)26(19)15-6-4-5-14(20)11-15/h4-6,11-13H,7-10H2,1-3H3. The van der Waals surface area contributed by atoms with Gasteiger partial charge in [-0.15, -0.1) is 10.2 Å². The molecule has 8 nitrogen and oxygen atoms in total. The first-order chi connectivity index (χ1) is 14.0. The van der Waals surface area contributed by atoms with Crippen LogP contribution >= 0.6 is 11.8 Å². The smallest absolute Gasteiger partial charge is 0.239 e. The van der Waals surface area contributed by atoms with E-state index in [0.717, 1.165) is 0 Å². The summed E-state index contributed by atoms with van der Waals surface area (Å²) in [5.41, 5.74) is 0.666. The van der Waals surface area contributed by atoms with Gasteiger partial charge in [0.05, 0.1) is 24.2 Å². The van der Waals surface area contributed by atoms with Crippen molar-refractivity contribution in [3.05, 3.63) is 41.8 Å². The Labute approximate surface area is 172 Å². The molecule has 154 valence electrons. The van der Waals surface area contributed by atoms with Crippen molar-refractivity contribution in [3.63, 3.8) is 0 Å². The van der Waals surface area contributed by atoms with Gasteiger partial charge in [-0.3, -0.25) is 4.57 Å². The Bertz CT molecular complexity index is 969. The van der Waals surface area contributed by atoms with Gasteiger partial charge in [-0.1, -0.05) is 36.8 Å². The summed E-state index contributed by atoms with van der Waals surface area (Å²) in [7, 11) is 0. The molecule has 2 aromatic heterocycles. The van der Waals surface area contributed by atoms with Crippen LogP contribution in [0.1, 0.15) is 43.7 Å². The molecule has 0 amide bonds. The molecule has 4 rings (SSSR count). The van der Waals surface area contributed by atoms with Crippen molar-refractivity contribution in [3.8, 4) is 5.69 Å². The lowest BCUT2D eigenvalue weighted by Crippen LogP contribution is -2.37. The van der Waals surface area contributed by atoms with Gasteiger partial charge < -0.3 is 14.2 Å². The average molecular weight is 418 g/mol. The fourth-order valence-corrected chi connectivity index (χ4v) is 3.90. The first-order valence-corrected chi connectivity index (χ1v) is 10.4. The van der Waals surface area contributed by atoms with E-state index in [1.807, 2.05) is 31.4 Å². The topological polar surface area (TPSA) is 82.1 Å². The minimum absolute atomic E-state index is 0.135. The van der Waals surface area contributed by atoms with Crippen molar-refractivity contribution in [2.24, 2.45) is 0 Å². The number of benzene rings is 1. The number of hydrogen-bond donors (Lipinski definition) is 0. The molecule has 10 heteroatoms. The monoisotopic (exact) mass is 418 g/mol. The van der Waals surface area contributed by atoms with Crippen molar-refractivity contribution >= 4 is 17.7 Å². The minimum atomic E-state index is -0.313. The first kappa shape index (κ1) is 19.8. The summed E-state index contributed by atoms with van der Waals surface area (Å²) < 4.78 is 26.7. The van der Waals surface area contributed by atoms with Gasteiger partial charge in [-0.2, -0.15) is 4.98 Å². The lowest BCUT2D eigenvalue weighted by Gasteiger charge is -2.28. The van der Waals surface area contributed by atoms with E-state index in [2.05, 4.69) is 25.2 Å². The summed E-state index contributed by atoms with van der Waals surface area (Å²) in [6.07, 6.45) is 0. The first-order valence-electron chi connectivity index (χ1n) is 9.57. The van der Waals surface area contributed by atoms with Crippen LogP contribution in [0.4, 0.5) is 10.3 Å². The predicted molar refractivity (Wildman–Crippen MR) is 107 cm³/mol. The van der Waals surface area contributed by atoms with Gasteiger partial charge in [-0.25, -0.2) is 4.39 Å². The second-order valence-corrected chi connectivity index (χ2v) is 8.41. The fourth-order valence-electron chi connectivity index (χ4n) is 3.00. The Morgan fingerprint density at radius 3 is 2.62 bits per heavy atom. The third-order valence-electron chi connectivity index (χ3n) is 4.58. The molecule has 0 N–H and O–H groups in total. The molecular weight excluding hydrogens is 395 g/mol. The molecule has 0 bridgehead atoms. The second kappa shape index (κ2) is 8.50. The number of nitrogens with zero attached hydrogens (tertiary/aromatic N) is 6. The Morgan fingerprint density at radius 1 is 1.14 bits per heavy atom. The number of thioether (sulfide) groups is 1. The van der Waals surface area contributed by atoms with E-state index in [1.165, 1.54) is 23.9 Å². The molecule has 0 saturated carbocycles. The number of rotatable bonds is 6. The van der Waals surface area contributed by atoms with Gasteiger partial charge in [0.15, 0.2) is 11.0 Å². The van der Waals surface area contributed by atoms with Crippen molar-refractivity contribution in [1.29, 1.82) is 0 Å². The normalized spacial score (nSPS) is 15.8. The molecule has 29 heavy (non-hydrogen) atoms. The van der Waals surface area contributed by atoms with E-state index in [4.69, 9.17) is 9.26 Å². The van der Waals surface area contributed by atoms with Gasteiger partial charge in [0.1, 0.15) is 5.82 Å². The number of hydrogen-bond acceptors (Lipinski definition) is 8. The zero-order valence-electron chi connectivity index (χ0n) is 16.6. The molecule has 1 unspecified atom stereocenters. The van der Waals surface area contributed by atoms with Gasteiger partial charge in [0, 0.05) is 19.0 Å². The van der Waals surface area contributed by atoms with Crippen LogP contribution in [-0.4, -0.2) is 51.2 Å². The highest BCUT2D eigenvalue weighted by Gasteiger charge is 2.25. The highest BCUT2D eigenvalue weighted by atomic mass is 32.2. The average Bonchev–Trinajstić information content (AvgIpc) is 3.36. The quantitative estimate of drug-likeness (QED) is 0.562. The molecule has 0 radical (unpaired) electrons. The van der Waals surface area contributed by atoms with Crippen LogP contribution in [0.25, 0.3) is 5.69 Å². The summed E-state index contributed by atoms with van der Waals surface area (Å²) in [6, 6.07) is 6.42. The fraction of sp³-hybridized carbons (Fsp3) is 0.474. The van der Waals surface area contributed by atoms with Crippen LogP contribution in [0.2, 0.25) is 0 Å². The van der Waals surface area contributed by atoms with E-state index >= 15 is 0 Å². The van der Waals surface area contributed by atoms with Crippen molar-refractivity contribution in [2.75, 3.05) is 31.2 Å². The maximum Gasteiger partial charge on any atom is 0.239 e. The lowest BCUT2D eigenvalue weighted by atomic mass is 10.2. The van der Waals surface area contributed by atoms with Crippen LogP contribution in [0, 0.1) is 5.82 Å². The van der Waals surface area contributed by atoms with Crippen LogP contribution in [0.5, 0.6) is 0 Å². The lowest BCUT2D eigenvalue weighted by molar-refractivity contribution is 0.122. The molecule has 1 aliphatic rings. The van der Waals surface area contributed by atoms with E-state index in [-0.39, 0.29) is 17.0 Å². The molecule has 1 atom stereocenters. The Morgan fingerprint density at radius 2 is 1.93 bits per heavy atom. The Balaban J connectivity index is 1.67. The molecule has 1 fully saturated rings. The second-order valence-electron chi connectivity index (χ2n) is 7.10. The molecule has 1 saturated heterocycles. The van der Waals surface area contributed by atoms with Crippen LogP contribution in [0.3, 0.4) is 0 Å². The third kappa shape index (κ3) is 4.27. The molecule has 3 aromatic rings. The molecule has 1 aromatic carbocycles. The van der Waals surface area contributed by atoms with Crippen molar-refractivity contribution in [2.45, 2.75) is 37.1 Å². The Kier molecular flexibility index (Phi) is 5.81. The molecule has 1 aliphatic heterocycles. The molecule has 0 aliphatic carbocycles. The Hall–Kier alpha value is -2.46. The SMILES string of the molecule is CC(C)c1noc(C(C)Sc2nnc(N3CCOCC3)n2-c2cccc(F)c2)n1. The highest BCUT2D eigenvalue weighted by molar-refractivity contribution is 7.99. The number of halogens is 1. The van der Waals surface area contributed by atoms with E-state index in [9.17, 15) is 4.39 Å². The maximum absolute atomic E-state index is 13.9. The van der Waals surface area contributed by atoms with Crippen molar-refractivity contribution < 1.29 is 13.7 Å². The molecule has 0 spiro atoms. The minimum Gasteiger partial charge on any atom is -0.378 e. The van der Waals surface area contributed by atoms with Gasteiger partial charge in [-0.05, 0) is 25.1 Å². The maximum atomic E-state index is 13.9. The van der Waals surface area contributed by atoms with E-state index in [0.29, 0.717) is 54.8 Å². The zero-order chi connectivity index (χ0) is 20.4. The van der Waals surface area contributed by atoms with Gasteiger partial charge in [0.2, 0.25) is 11.8 Å². The highest BCUT2D eigenvalue weighted by Crippen LogP contribution is 2.36. The summed E-state index contributed by atoms with van der Waals surface area (Å²) in [6.45, 7) is 8.65. The van der Waals surface area contributed by atoms with Crippen LogP contribution < -0.4 is 4.90 Å². The van der Waals surface area contributed by atoms with Crippen LogP contribution in [-0.2, 0) is 4.74 Å². The van der Waals surface area contributed by atoms with Crippen molar-refractivity contribution in [1.82, 2.24) is 24.9 Å². The van der Waals surface area contributed by atoms with E-state index < -0.39 is 0 Å². The molecular formula is C19H23FN6O2S. The zero-order valence-corrected chi connectivity index (χ0v) is 17.4. The summed E-state index contributed by atoms with van der Waals surface area (Å²) in [4.78, 5) is 6.57. The predicted octanol–water partition coefficient (Wildman–Crippen LogP) is 3.60. The number of morpholine rings is 1. The molecule has 3 heterocycles. The number of ether oxygens (including phenoxy) is 1. The number of anilines is 1. The summed E-state index contributed by atoms with van der Waals surface area (Å²) in [5, 5.41) is 13.3. The third-order valence-corrected chi connectivity index (χ3v) is 5.61. The van der Waals surface area contributed by atoms with E-state index in [1.54, 1.807) is 6.07 Å². The largest absolute Gasteiger partial charge is 0.378 e. The van der Waals surface area contributed by atoms with Gasteiger partial charge >= 0.3 is 0 Å². The number of aromatic nitrogens is 5. The van der Waals surface area contributed by atoms with Gasteiger partial charge in [0.25, 0.3) is 0 Å².